The van der Waals surface area contributed by atoms with E-state index in [1.54, 1.807) is 11.3 Å². The molecule has 0 bridgehead atoms. The highest BCUT2D eigenvalue weighted by molar-refractivity contribution is 7.14. The fraction of sp³-hybridized carbons (Fsp3) is 0.368. The van der Waals surface area contributed by atoms with Gasteiger partial charge >= 0.3 is 5.97 Å². The summed E-state index contributed by atoms with van der Waals surface area (Å²) in [5.41, 5.74) is 4.13. The zero-order chi connectivity index (χ0) is 16.7. The molecule has 3 heterocycles. The number of hydrogen-bond acceptors (Lipinski definition) is 4. The van der Waals surface area contributed by atoms with Crippen molar-refractivity contribution in [1.82, 2.24) is 9.38 Å². The van der Waals surface area contributed by atoms with Gasteiger partial charge in [0.2, 0.25) is 0 Å². The highest BCUT2D eigenvalue weighted by atomic mass is 32.1. The van der Waals surface area contributed by atoms with Gasteiger partial charge < -0.3 is 9.14 Å². The first-order chi connectivity index (χ1) is 11.6. The summed E-state index contributed by atoms with van der Waals surface area (Å²) in [6, 6.07) is 6.01. The van der Waals surface area contributed by atoms with Crippen LogP contribution in [0.3, 0.4) is 0 Å². The third kappa shape index (κ3) is 2.96. The van der Waals surface area contributed by atoms with Crippen LogP contribution in [-0.4, -0.2) is 15.4 Å². The number of imidazole rings is 1. The maximum Gasteiger partial charge on any atom is 0.348 e. The first-order valence-corrected chi connectivity index (χ1v) is 9.13. The van der Waals surface area contributed by atoms with Gasteiger partial charge in [-0.1, -0.05) is 13.0 Å². The van der Waals surface area contributed by atoms with E-state index < -0.39 is 0 Å². The lowest BCUT2D eigenvalue weighted by Crippen LogP contribution is -2.08. The number of ether oxygens (including phenoxy) is 1. The molecular formula is C19H20N2O2S. The Hall–Kier alpha value is -2.14. The first kappa shape index (κ1) is 15.4. The molecule has 3 aromatic rings. The number of aryl methyl sites for hydroxylation is 2. The van der Waals surface area contributed by atoms with Crippen molar-refractivity contribution in [2.24, 2.45) is 5.92 Å². The fourth-order valence-electron chi connectivity index (χ4n) is 3.24. The zero-order valence-electron chi connectivity index (χ0n) is 13.9. The molecule has 24 heavy (non-hydrogen) atoms. The Morgan fingerprint density at radius 2 is 2.29 bits per heavy atom. The van der Waals surface area contributed by atoms with Gasteiger partial charge in [0.15, 0.2) is 0 Å². The van der Waals surface area contributed by atoms with Crippen LogP contribution in [0.1, 0.15) is 44.7 Å². The minimum absolute atomic E-state index is 0.207. The number of nitrogens with zero attached hydrogens (tertiary/aromatic N) is 2. The minimum Gasteiger partial charge on any atom is -0.455 e. The Labute approximate surface area is 145 Å². The van der Waals surface area contributed by atoms with E-state index in [2.05, 4.69) is 11.9 Å². The largest absolute Gasteiger partial charge is 0.455 e. The van der Waals surface area contributed by atoms with E-state index in [0.29, 0.717) is 10.8 Å². The van der Waals surface area contributed by atoms with Crippen molar-refractivity contribution < 1.29 is 9.53 Å². The Morgan fingerprint density at radius 3 is 3.17 bits per heavy atom. The molecule has 0 fully saturated rings. The van der Waals surface area contributed by atoms with Crippen molar-refractivity contribution in [1.29, 1.82) is 0 Å². The summed E-state index contributed by atoms with van der Waals surface area (Å²) in [7, 11) is 0. The number of aromatic nitrogens is 2. The molecule has 1 aliphatic carbocycles. The second kappa shape index (κ2) is 6.06. The maximum absolute atomic E-state index is 12.3. The van der Waals surface area contributed by atoms with Crippen LogP contribution in [0.4, 0.5) is 0 Å². The molecular weight excluding hydrogens is 320 g/mol. The van der Waals surface area contributed by atoms with Crippen LogP contribution in [-0.2, 0) is 24.2 Å². The van der Waals surface area contributed by atoms with Crippen LogP contribution in [0.2, 0.25) is 0 Å². The van der Waals surface area contributed by atoms with Crippen molar-refractivity contribution in [3.8, 4) is 0 Å². The highest BCUT2D eigenvalue weighted by Gasteiger charge is 2.21. The standard InChI is InChI=1S/C19H20N2O2S/c1-12-3-5-16-14(7-12)8-17(24-16)19(22)23-11-15-10-21-9-13(2)4-6-18(21)20-15/h4,6,8-10,12H,3,5,7,11H2,1-2H3. The van der Waals surface area contributed by atoms with E-state index in [4.69, 9.17) is 4.74 Å². The Morgan fingerprint density at radius 1 is 1.42 bits per heavy atom. The summed E-state index contributed by atoms with van der Waals surface area (Å²) in [5.74, 6) is 0.465. The highest BCUT2D eigenvalue weighted by Crippen LogP contribution is 2.32. The molecule has 4 rings (SSSR count). The fourth-order valence-corrected chi connectivity index (χ4v) is 4.34. The molecule has 5 heteroatoms. The van der Waals surface area contributed by atoms with E-state index >= 15 is 0 Å². The van der Waals surface area contributed by atoms with Gasteiger partial charge in [-0.05, 0) is 55.4 Å². The first-order valence-electron chi connectivity index (χ1n) is 8.31. The number of thiophene rings is 1. The molecule has 3 aromatic heterocycles. The summed E-state index contributed by atoms with van der Waals surface area (Å²) in [5, 5.41) is 0. The minimum atomic E-state index is -0.240. The SMILES string of the molecule is Cc1ccc2nc(COC(=O)c3cc4c(s3)CCC(C)C4)cn2c1. The van der Waals surface area contributed by atoms with Crippen LogP contribution in [0, 0.1) is 12.8 Å². The zero-order valence-corrected chi connectivity index (χ0v) is 14.7. The van der Waals surface area contributed by atoms with Gasteiger partial charge in [0.25, 0.3) is 0 Å². The monoisotopic (exact) mass is 340 g/mol. The molecule has 124 valence electrons. The normalized spacial score (nSPS) is 17.0. The second-order valence-corrected chi connectivity index (χ2v) is 7.82. The predicted octanol–water partition coefficient (Wildman–Crippen LogP) is 4.19. The Bertz CT molecular complexity index is 909. The third-order valence-corrected chi connectivity index (χ3v) is 5.75. The van der Waals surface area contributed by atoms with Crippen molar-refractivity contribution in [2.45, 2.75) is 39.7 Å². The van der Waals surface area contributed by atoms with Crippen molar-refractivity contribution >= 4 is 23.0 Å². The molecule has 0 aromatic carbocycles. The summed E-state index contributed by atoms with van der Waals surface area (Å²) in [4.78, 5) is 18.9. The quantitative estimate of drug-likeness (QED) is 0.672. The van der Waals surface area contributed by atoms with Gasteiger partial charge in [-0.3, -0.25) is 0 Å². The van der Waals surface area contributed by atoms with Crippen molar-refractivity contribution in [3.63, 3.8) is 0 Å². The molecule has 4 nitrogen and oxygen atoms in total. The summed E-state index contributed by atoms with van der Waals surface area (Å²) < 4.78 is 7.44. The average Bonchev–Trinajstić information content (AvgIpc) is 3.15. The average molecular weight is 340 g/mol. The third-order valence-electron chi connectivity index (χ3n) is 4.53. The molecule has 0 amide bonds. The van der Waals surface area contributed by atoms with E-state index in [1.807, 2.05) is 41.9 Å². The lowest BCUT2D eigenvalue weighted by Gasteiger charge is -2.16. The van der Waals surface area contributed by atoms with E-state index in [9.17, 15) is 4.79 Å². The predicted molar refractivity (Wildman–Crippen MR) is 94.6 cm³/mol. The van der Waals surface area contributed by atoms with Crippen LogP contribution in [0.25, 0.3) is 5.65 Å². The number of esters is 1. The molecule has 1 atom stereocenters. The molecule has 0 saturated heterocycles. The van der Waals surface area contributed by atoms with Crippen molar-refractivity contribution in [2.75, 3.05) is 0 Å². The Kier molecular flexibility index (Phi) is 3.88. The molecule has 0 aliphatic heterocycles. The van der Waals surface area contributed by atoms with Gasteiger partial charge in [0.1, 0.15) is 17.1 Å². The van der Waals surface area contributed by atoms with E-state index in [-0.39, 0.29) is 12.6 Å². The molecule has 0 N–H and O–H groups in total. The topological polar surface area (TPSA) is 43.6 Å². The number of hydrogen-bond donors (Lipinski definition) is 0. The molecule has 0 spiro atoms. The second-order valence-electron chi connectivity index (χ2n) is 6.69. The number of rotatable bonds is 3. The van der Waals surface area contributed by atoms with Crippen LogP contribution in [0.5, 0.6) is 0 Å². The van der Waals surface area contributed by atoms with E-state index in [0.717, 1.165) is 24.2 Å². The van der Waals surface area contributed by atoms with Crippen LogP contribution >= 0.6 is 11.3 Å². The molecule has 1 aliphatic rings. The van der Waals surface area contributed by atoms with Crippen molar-refractivity contribution in [3.05, 3.63) is 57.2 Å². The summed E-state index contributed by atoms with van der Waals surface area (Å²) in [6.07, 6.45) is 7.30. The Balaban J connectivity index is 1.46. The number of fused-ring (bicyclic) bond motifs is 2. The van der Waals surface area contributed by atoms with Gasteiger partial charge in [0.05, 0.1) is 5.69 Å². The number of pyridine rings is 1. The number of carbonyl (C=O) groups excluding carboxylic acids is 1. The number of carbonyl (C=O) groups is 1. The molecule has 0 saturated carbocycles. The smallest absolute Gasteiger partial charge is 0.348 e. The summed E-state index contributed by atoms with van der Waals surface area (Å²) in [6.45, 7) is 4.51. The van der Waals surface area contributed by atoms with Gasteiger partial charge in [-0.15, -0.1) is 11.3 Å². The van der Waals surface area contributed by atoms with Gasteiger partial charge in [-0.2, -0.15) is 0 Å². The lowest BCUT2D eigenvalue weighted by atomic mass is 9.90. The maximum atomic E-state index is 12.3. The lowest BCUT2D eigenvalue weighted by molar-refractivity contribution is 0.0474. The van der Waals surface area contributed by atoms with E-state index in [1.165, 1.54) is 22.4 Å². The molecule has 1 unspecified atom stereocenters. The van der Waals surface area contributed by atoms with Gasteiger partial charge in [-0.25, -0.2) is 9.78 Å². The van der Waals surface area contributed by atoms with Crippen LogP contribution in [0.15, 0.2) is 30.6 Å². The van der Waals surface area contributed by atoms with Crippen LogP contribution < -0.4 is 0 Å². The molecule has 0 radical (unpaired) electrons. The van der Waals surface area contributed by atoms with Gasteiger partial charge in [0, 0.05) is 17.3 Å². The summed E-state index contributed by atoms with van der Waals surface area (Å²) >= 11 is 1.59.